The standard InChI is InChI=1S/C14H27N4O3.Ac/c1-3-7(4-2)5-9(15)11-10(18-14(16)17)6-8(12(11)19)13(20)21;/h7-12,15,19H,3-6H2,1-2H3,(H,20,21)(H4,16,17,18);/q-1;. The van der Waals surface area contributed by atoms with Crippen molar-refractivity contribution in [3.05, 3.63) is 5.73 Å². The summed E-state index contributed by atoms with van der Waals surface area (Å²) in [4.78, 5) is 15.3. The number of nitrogens with two attached hydrogens (primary N) is 2. The van der Waals surface area contributed by atoms with E-state index in [4.69, 9.17) is 17.2 Å². The monoisotopic (exact) mass is 526 g/mol. The van der Waals surface area contributed by atoms with E-state index in [9.17, 15) is 15.0 Å². The van der Waals surface area contributed by atoms with Crippen LogP contribution in [0.4, 0.5) is 0 Å². The zero-order valence-electron chi connectivity index (χ0n) is 13.3. The predicted octanol–water partition coefficient (Wildman–Crippen LogP) is 0.957. The molecular formula is C14H27AcN4O3-. The van der Waals surface area contributed by atoms with Gasteiger partial charge in [0.1, 0.15) is 0 Å². The number of carboxylic acids is 1. The van der Waals surface area contributed by atoms with E-state index in [2.05, 4.69) is 18.8 Å². The number of carbonyl (C=O) groups is 1. The van der Waals surface area contributed by atoms with Gasteiger partial charge in [0.05, 0.1) is 18.1 Å². The Kier molecular flexibility index (Phi) is 10.1. The smallest absolute Gasteiger partial charge is 0.309 e. The summed E-state index contributed by atoms with van der Waals surface area (Å²) >= 11 is 0. The molecule has 0 saturated heterocycles. The van der Waals surface area contributed by atoms with Gasteiger partial charge in [-0.1, -0.05) is 33.1 Å². The Balaban J connectivity index is 0.00000441. The quantitative estimate of drug-likeness (QED) is 0.288. The summed E-state index contributed by atoms with van der Waals surface area (Å²) in [5.41, 5.74) is 19.1. The number of hydrogen-bond acceptors (Lipinski definition) is 3. The van der Waals surface area contributed by atoms with Crippen LogP contribution in [-0.4, -0.2) is 40.3 Å². The van der Waals surface area contributed by atoms with Crippen LogP contribution >= 0.6 is 0 Å². The second kappa shape index (κ2) is 10.1. The van der Waals surface area contributed by atoms with Gasteiger partial charge in [0.2, 0.25) is 0 Å². The van der Waals surface area contributed by atoms with Gasteiger partial charge in [0.15, 0.2) is 5.96 Å². The molecule has 1 aliphatic rings. The Morgan fingerprint density at radius 3 is 2.32 bits per heavy atom. The molecule has 0 spiro atoms. The van der Waals surface area contributed by atoms with Crippen molar-refractivity contribution in [3.8, 4) is 0 Å². The Labute approximate surface area is 167 Å². The zero-order chi connectivity index (χ0) is 16.2. The fourth-order valence-corrected chi connectivity index (χ4v) is 3.27. The molecule has 0 heterocycles. The maximum atomic E-state index is 11.2. The summed E-state index contributed by atoms with van der Waals surface area (Å²) in [6.45, 7) is 4.14. The first-order chi connectivity index (χ1) is 9.81. The predicted molar refractivity (Wildman–Crippen MR) is 81.6 cm³/mol. The summed E-state index contributed by atoms with van der Waals surface area (Å²) in [6.07, 6.45) is 1.65. The van der Waals surface area contributed by atoms with Crippen molar-refractivity contribution in [1.29, 1.82) is 0 Å². The number of nitrogens with zero attached hydrogens (tertiary/aromatic N) is 1. The minimum Gasteiger partial charge on any atom is -0.674 e. The van der Waals surface area contributed by atoms with Crippen molar-refractivity contribution >= 4 is 11.9 Å². The van der Waals surface area contributed by atoms with E-state index < -0.39 is 36.0 Å². The van der Waals surface area contributed by atoms with Gasteiger partial charge >= 0.3 is 5.97 Å². The van der Waals surface area contributed by atoms with E-state index in [1.807, 2.05) is 0 Å². The van der Waals surface area contributed by atoms with E-state index in [1.165, 1.54) is 0 Å². The molecule has 0 aliphatic heterocycles. The molecule has 5 atom stereocenters. The number of aliphatic imine (C=N–C) groups is 1. The van der Waals surface area contributed by atoms with Crippen LogP contribution in [0.1, 0.15) is 39.5 Å². The normalized spacial score (nSPS) is 29.0. The SMILES string of the molecule is CCC(CC)CC([NH-])C1C(N=C(N)N)CC(C(=O)O)C1O.[Ac]. The van der Waals surface area contributed by atoms with Crippen LogP contribution in [-0.2, 0) is 4.79 Å². The molecule has 0 bridgehead atoms. The van der Waals surface area contributed by atoms with E-state index in [-0.39, 0.29) is 56.4 Å². The molecule has 8 heteroatoms. The van der Waals surface area contributed by atoms with E-state index in [0.29, 0.717) is 12.3 Å². The summed E-state index contributed by atoms with van der Waals surface area (Å²) in [5.74, 6) is -2.23. The average molecular weight is 526 g/mol. The third kappa shape index (κ3) is 5.63. The van der Waals surface area contributed by atoms with Gasteiger partial charge in [-0.3, -0.25) is 4.79 Å². The molecule has 7 N–H and O–H groups in total. The minimum atomic E-state index is -1.08. The molecule has 5 unspecified atom stereocenters. The number of aliphatic hydroxyl groups excluding tert-OH is 1. The van der Waals surface area contributed by atoms with Gasteiger partial charge in [-0.05, 0) is 18.3 Å². The first-order valence-corrected chi connectivity index (χ1v) is 7.52. The van der Waals surface area contributed by atoms with Crippen LogP contribution in [0.3, 0.4) is 0 Å². The molecule has 1 aliphatic carbocycles. The van der Waals surface area contributed by atoms with Crippen molar-refractivity contribution in [2.24, 2.45) is 34.2 Å². The molecule has 125 valence electrons. The largest absolute Gasteiger partial charge is 0.674 e. The number of nitrogens with one attached hydrogen (secondary N) is 1. The fourth-order valence-electron chi connectivity index (χ4n) is 3.27. The Morgan fingerprint density at radius 1 is 1.36 bits per heavy atom. The Bertz CT molecular complexity index is 386. The maximum absolute atomic E-state index is 11.2. The van der Waals surface area contributed by atoms with Gasteiger partial charge < -0.3 is 27.4 Å². The van der Waals surface area contributed by atoms with Gasteiger partial charge in [0.25, 0.3) is 0 Å². The van der Waals surface area contributed by atoms with Crippen LogP contribution in [0.5, 0.6) is 0 Å². The summed E-state index contributed by atoms with van der Waals surface area (Å²) in [7, 11) is 0. The molecule has 1 radical (unpaired) electrons. The van der Waals surface area contributed by atoms with Gasteiger partial charge in [-0.2, -0.15) is 0 Å². The molecule has 0 aromatic rings. The minimum absolute atomic E-state index is 0. The third-order valence-electron chi connectivity index (χ3n) is 4.59. The van der Waals surface area contributed by atoms with Gasteiger partial charge in [-0.25, -0.2) is 4.99 Å². The molecule has 1 rings (SSSR count). The number of carboxylic acid groups (broad SMARTS) is 1. The van der Waals surface area contributed by atoms with Gasteiger partial charge in [-0.15, -0.1) is 6.04 Å². The van der Waals surface area contributed by atoms with E-state index >= 15 is 0 Å². The number of hydrogen-bond donors (Lipinski definition) is 4. The summed E-state index contributed by atoms with van der Waals surface area (Å²) in [5, 5.41) is 19.5. The third-order valence-corrected chi connectivity index (χ3v) is 4.59. The van der Waals surface area contributed by atoms with Crippen LogP contribution < -0.4 is 11.5 Å². The average Bonchev–Trinajstić information content (AvgIpc) is 2.71. The molecule has 1 fully saturated rings. The molecule has 1 saturated carbocycles. The molecule has 22 heavy (non-hydrogen) atoms. The maximum Gasteiger partial charge on any atom is 0.309 e. The Morgan fingerprint density at radius 2 is 1.91 bits per heavy atom. The second-order valence-corrected chi connectivity index (χ2v) is 5.89. The molecule has 0 aromatic carbocycles. The van der Waals surface area contributed by atoms with E-state index in [0.717, 1.165) is 12.8 Å². The Hall–Kier alpha value is 0.102. The molecule has 0 amide bonds. The summed E-state index contributed by atoms with van der Waals surface area (Å²) < 4.78 is 0. The first kappa shape index (κ1) is 22.1. The number of aliphatic hydroxyl groups is 1. The van der Waals surface area contributed by atoms with Crippen LogP contribution in [0.25, 0.3) is 5.73 Å². The van der Waals surface area contributed by atoms with Crippen molar-refractivity contribution in [3.63, 3.8) is 0 Å². The van der Waals surface area contributed by atoms with Crippen LogP contribution in [0.15, 0.2) is 4.99 Å². The molecular weight excluding hydrogens is 499 g/mol. The first-order valence-electron chi connectivity index (χ1n) is 7.52. The van der Waals surface area contributed by atoms with Crippen molar-refractivity contribution in [2.75, 3.05) is 0 Å². The summed E-state index contributed by atoms with van der Waals surface area (Å²) in [6, 6.07) is -1.06. The second-order valence-electron chi connectivity index (χ2n) is 5.89. The van der Waals surface area contributed by atoms with Gasteiger partial charge in [0, 0.05) is 44.1 Å². The fraction of sp³-hybridized carbons (Fsp3) is 0.857. The van der Waals surface area contributed by atoms with Crippen molar-refractivity contribution in [2.45, 2.75) is 57.7 Å². The van der Waals surface area contributed by atoms with Crippen LogP contribution in [0, 0.1) is 61.8 Å². The molecule has 7 nitrogen and oxygen atoms in total. The zero-order valence-corrected chi connectivity index (χ0v) is 18.0. The molecule has 0 aromatic heterocycles. The number of rotatable bonds is 7. The van der Waals surface area contributed by atoms with Crippen molar-refractivity contribution in [1.82, 2.24) is 0 Å². The number of guanidine groups is 1. The van der Waals surface area contributed by atoms with E-state index in [1.54, 1.807) is 0 Å². The number of aliphatic carboxylic acids is 1. The van der Waals surface area contributed by atoms with Crippen LogP contribution in [0.2, 0.25) is 0 Å². The van der Waals surface area contributed by atoms with Crippen molar-refractivity contribution < 1.29 is 59.1 Å². The topological polar surface area (TPSA) is 146 Å².